The van der Waals surface area contributed by atoms with E-state index in [0.29, 0.717) is 11.5 Å². The first-order valence-electron chi connectivity index (χ1n) is 9.17. The first-order valence-corrected chi connectivity index (χ1v) is 9.17. The molecule has 0 atom stereocenters. The third-order valence-corrected chi connectivity index (χ3v) is 5.57. The van der Waals surface area contributed by atoms with Gasteiger partial charge in [-0.1, -0.05) is 0 Å². The lowest BCUT2D eigenvalue weighted by atomic mass is 9.96. The van der Waals surface area contributed by atoms with Crippen molar-refractivity contribution in [1.82, 2.24) is 0 Å². The molecule has 0 saturated carbocycles. The number of rotatable bonds is 2. The van der Waals surface area contributed by atoms with Crippen molar-refractivity contribution in [2.75, 3.05) is 14.2 Å². The molecule has 0 heterocycles. The van der Waals surface area contributed by atoms with Gasteiger partial charge in [-0.2, -0.15) is 0 Å². The van der Waals surface area contributed by atoms with Crippen LogP contribution in [-0.2, 0) is 0 Å². The Hall–Kier alpha value is -4.06. The second kappa shape index (κ2) is 6.22. The van der Waals surface area contributed by atoms with E-state index in [1.165, 1.54) is 50.6 Å². The summed E-state index contributed by atoms with van der Waals surface area (Å²) in [5.74, 6) is 0.896. The highest BCUT2D eigenvalue weighted by atomic mass is 16.5. The Kier molecular flexibility index (Phi) is 3.73. The molecule has 5 rings (SSSR count). The monoisotopic (exact) mass is 398 g/mol. The van der Waals surface area contributed by atoms with E-state index >= 15 is 0 Å². The van der Waals surface area contributed by atoms with Crippen LogP contribution in [-0.4, -0.2) is 14.2 Å². The predicted molar refractivity (Wildman–Crippen MR) is 117 cm³/mol. The van der Waals surface area contributed by atoms with Crippen LogP contribution < -0.4 is 31.2 Å². The summed E-state index contributed by atoms with van der Waals surface area (Å²) in [7, 11) is 2.94. The van der Waals surface area contributed by atoms with E-state index < -0.39 is 10.9 Å². The minimum Gasteiger partial charge on any atom is -0.497 e. The largest absolute Gasteiger partial charge is 0.497 e. The SMILES string of the molecule is COc1ccc2c(=O)c3cc4c(=O)c5ccc(OC)cc5c(=O)c4cc3c(=O)c2c1. The molecular weight excluding hydrogens is 384 g/mol. The lowest BCUT2D eigenvalue weighted by Gasteiger charge is -2.07. The Bertz CT molecular complexity index is 1610. The van der Waals surface area contributed by atoms with Crippen molar-refractivity contribution in [2.24, 2.45) is 0 Å². The van der Waals surface area contributed by atoms with Crippen molar-refractivity contribution in [3.8, 4) is 11.5 Å². The van der Waals surface area contributed by atoms with Crippen LogP contribution in [0.4, 0.5) is 0 Å². The zero-order valence-corrected chi connectivity index (χ0v) is 16.1. The van der Waals surface area contributed by atoms with Gasteiger partial charge in [0, 0.05) is 43.1 Å². The molecule has 0 amide bonds. The summed E-state index contributed by atoms with van der Waals surface area (Å²) in [5, 5.41) is 1.36. The van der Waals surface area contributed by atoms with Gasteiger partial charge >= 0.3 is 0 Å². The van der Waals surface area contributed by atoms with Crippen molar-refractivity contribution in [3.63, 3.8) is 0 Å². The second-order valence-corrected chi connectivity index (χ2v) is 7.08. The number of methoxy groups -OCH3 is 2. The van der Waals surface area contributed by atoms with Crippen LogP contribution in [0, 0.1) is 0 Å². The Morgan fingerprint density at radius 2 is 0.733 bits per heavy atom. The van der Waals surface area contributed by atoms with E-state index in [0.717, 1.165) is 0 Å². The molecule has 146 valence electrons. The van der Waals surface area contributed by atoms with Crippen LogP contribution in [0.25, 0.3) is 43.1 Å². The second-order valence-electron chi connectivity index (χ2n) is 7.08. The zero-order chi connectivity index (χ0) is 21.2. The minimum absolute atomic E-state index is 0.104. The fraction of sp³-hybridized carbons (Fsp3) is 0.0833. The van der Waals surface area contributed by atoms with Gasteiger partial charge in [0.15, 0.2) is 21.7 Å². The Labute approximate surface area is 168 Å². The summed E-state index contributed by atoms with van der Waals surface area (Å²) < 4.78 is 10.3. The van der Waals surface area contributed by atoms with Gasteiger partial charge in [0.05, 0.1) is 14.2 Å². The third-order valence-electron chi connectivity index (χ3n) is 5.57. The van der Waals surface area contributed by atoms with Crippen LogP contribution in [0.1, 0.15) is 0 Å². The standard InChI is InChI=1S/C24H14O6/c1-29-11-3-5-13-15(7-11)23(27)19-10-20-18(9-17(19)21(13)25)22(26)14-6-4-12(30-2)8-16(14)24(20)28/h3-10H,1-2H3. The van der Waals surface area contributed by atoms with Crippen LogP contribution >= 0.6 is 0 Å². The van der Waals surface area contributed by atoms with E-state index in [1.54, 1.807) is 12.1 Å². The molecule has 6 nitrogen and oxygen atoms in total. The fourth-order valence-corrected chi connectivity index (χ4v) is 4.00. The lowest BCUT2D eigenvalue weighted by Crippen LogP contribution is -2.17. The van der Waals surface area contributed by atoms with Gasteiger partial charge < -0.3 is 9.47 Å². The Morgan fingerprint density at radius 1 is 0.433 bits per heavy atom. The van der Waals surface area contributed by atoms with E-state index in [4.69, 9.17) is 9.47 Å². The number of fused-ring (bicyclic) bond motifs is 4. The highest BCUT2D eigenvalue weighted by Gasteiger charge is 2.17. The van der Waals surface area contributed by atoms with E-state index in [1.807, 2.05) is 0 Å². The molecule has 0 aromatic heterocycles. The molecule has 0 aliphatic rings. The molecule has 0 aliphatic carbocycles. The summed E-state index contributed by atoms with van der Waals surface area (Å²) in [4.78, 5) is 52.3. The molecule has 0 radical (unpaired) electrons. The highest BCUT2D eigenvalue weighted by molar-refractivity contribution is 6.07. The molecule has 5 aromatic rings. The van der Waals surface area contributed by atoms with Crippen molar-refractivity contribution in [2.45, 2.75) is 0 Å². The zero-order valence-electron chi connectivity index (χ0n) is 16.1. The average molecular weight is 398 g/mol. The lowest BCUT2D eigenvalue weighted by molar-refractivity contribution is 0.415. The maximum atomic E-state index is 13.1. The summed E-state index contributed by atoms with van der Waals surface area (Å²) in [5.41, 5.74) is -1.52. The van der Waals surface area contributed by atoms with E-state index in [2.05, 4.69) is 0 Å². The van der Waals surface area contributed by atoms with Crippen molar-refractivity contribution >= 4 is 43.1 Å². The van der Waals surface area contributed by atoms with Gasteiger partial charge in [-0.3, -0.25) is 19.2 Å². The molecule has 0 spiro atoms. The van der Waals surface area contributed by atoms with Crippen molar-refractivity contribution < 1.29 is 9.47 Å². The van der Waals surface area contributed by atoms with Gasteiger partial charge in [0.1, 0.15) is 11.5 Å². The fourth-order valence-electron chi connectivity index (χ4n) is 4.00. The van der Waals surface area contributed by atoms with Crippen LogP contribution in [0.15, 0.2) is 67.7 Å². The van der Waals surface area contributed by atoms with Gasteiger partial charge in [0.2, 0.25) is 0 Å². The molecule has 0 N–H and O–H groups in total. The molecule has 5 aromatic carbocycles. The predicted octanol–water partition coefficient (Wildman–Crippen LogP) is 2.63. The number of hydrogen-bond donors (Lipinski definition) is 0. The maximum absolute atomic E-state index is 13.1. The topological polar surface area (TPSA) is 86.7 Å². The first-order chi connectivity index (χ1) is 14.4. The summed E-state index contributed by atoms with van der Waals surface area (Å²) >= 11 is 0. The summed E-state index contributed by atoms with van der Waals surface area (Å²) in [6.07, 6.45) is 0. The number of benzene rings is 5. The van der Waals surface area contributed by atoms with E-state index in [9.17, 15) is 19.2 Å². The maximum Gasteiger partial charge on any atom is 0.194 e. The Morgan fingerprint density at radius 3 is 1.07 bits per heavy atom. The molecule has 0 unspecified atom stereocenters. The Balaban J connectivity index is 2.04. The van der Waals surface area contributed by atoms with Crippen LogP contribution in [0.3, 0.4) is 0 Å². The summed E-state index contributed by atoms with van der Waals surface area (Å²) in [6.45, 7) is 0. The molecular formula is C24H14O6. The minimum atomic E-state index is -0.391. The highest BCUT2D eigenvalue weighted by Crippen LogP contribution is 2.23. The molecule has 30 heavy (non-hydrogen) atoms. The van der Waals surface area contributed by atoms with Gasteiger partial charge in [-0.25, -0.2) is 0 Å². The summed E-state index contributed by atoms with van der Waals surface area (Å²) in [6, 6.07) is 12.0. The quantitative estimate of drug-likeness (QED) is 0.425. The van der Waals surface area contributed by atoms with Gasteiger partial charge in [-0.05, 0) is 48.5 Å². The molecule has 6 heteroatoms. The first kappa shape index (κ1) is 18.0. The molecule has 0 aliphatic heterocycles. The van der Waals surface area contributed by atoms with Gasteiger partial charge in [0.25, 0.3) is 0 Å². The number of ether oxygens (including phenoxy) is 2. The average Bonchev–Trinajstić information content (AvgIpc) is 2.79. The smallest absolute Gasteiger partial charge is 0.194 e. The van der Waals surface area contributed by atoms with Crippen LogP contribution in [0.5, 0.6) is 11.5 Å². The normalized spacial score (nSPS) is 11.5. The molecule has 0 bridgehead atoms. The van der Waals surface area contributed by atoms with Crippen LogP contribution in [0.2, 0.25) is 0 Å². The molecule has 0 fully saturated rings. The third kappa shape index (κ3) is 2.30. The van der Waals surface area contributed by atoms with Gasteiger partial charge in [-0.15, -0.1) is 0 Å². The van der Waals surface area contributed by atoms with Crippen molar-refractivity contribution in [3.05, 3.63) is 89.4 Å². The van der Waals surface area contributed by atoms with E-state index in [-0.39, 0.29) is 53.9 Å². The van der Waals surface area contributed by atoms with Crippen molar-refractivity contribution in [1.29, 1.82) is 0 Å². The number of hydrogen-bond acceptors (Lipinski definition) is 6. The molecule has 0 saturated heterocycles.